The average molecular weight is 362 g/mol. The van der Waals surface area contributed by atoms with Gasteiger partial charge in [-0.2, -0.15) is 0 Å². The summed E-state index contributed by atoms with van der Waals surface area (Å²) in [6.45, 7) is 5.72. The maximum Gasteiger partial charge on any atom is 0.410 e. The van der Waals surface area contributed by atoms with E-state index in [1.54, 1.807) is 12.1 Å². The maximum atomic E-state index is 13.7. The molecule has 1 N–H and O–H groups in total. The van der Waals surface area contributed by atoms with Crippen LogP contribution in [0.5, 0.6) is 0 Å². The summed E-state index contributed by atoms with van der Waals surface area (Å²) in [6, 6.07) is 6.48. The third kappa shape index (κ3) is 4.23. The van der Waals surface area contributed by atoms with Crippen molar-refractivity contribution in [3.63, 3.8) is 0 Å². The number of benzene rings is 1. The van der Waals surface area contributed by atoms with Gasteiger partial charge in [-0.1, -0.05) is 12.1 Å². The van der Waals surface area contributed by atoms with Gasteiger partial charge in [0.2, 0.25) is 0 Å². The van der Waals surface area contributed by atoms with E-state index < -0.39 is 11.4 Å². The largest absolute Gasteiger partial charge is 0.444 e. The summed E-state index contributed by atoms with van der Waals surface area (Å²) < 4.78 is 19.2. The van der Waals surface area contributed by atoms with Crippen molar-refractivity contribution in [3.05, 3.63) is 35.6 Å². The minimum absolute atomic E-state index is 0.109. The van der Waals surface area contributed by atoms with Gasteiger partial charge in [0, 0.05) is 18.1 Å². The number of halogens is 1. The van der Waals surface area contributed by atoms with Crippen LogP contribution in [-0.4, -0.2) is 47.0 Å². The molecule has 6 heteroatoms. The van der Waals surface area contributed by atoms with Gasteiger partial charge in [-0.25, -0.2) is 9.18 Å². The van der Waals surface area contributed by atoms with Gasteiger partial charge in [0.1, 0.15) is 11.4 Å². The zero-order valence-corrected chi connectivity index (χ0v) is 15.6. The molecule has 1 amide bonds. The normalized spacial score (nSPS) is 25.2. The molecule has 0 aliphatic carbocycles. The van der Waals surface area contributed by atoms with E-state index in [-0.39, 0.29) is 42.1 Å². The fourth-order valence-electron chi connectivity index (χ4n) is 3.98. The monoisotopic (exact) mass is 362 g/mol. The van der Waals surface area contributed by atoms with Crippen molar-refractivity contribution in [2.75, 3.05) is 6.54 Å². The number of hydrogen-bond acceptors (Lipinski definition) is 4. The molecule has 142 valence electrons. The third-order valence-corrected chi connectivity index (χ3v) is 5.06. The molecule has 26 heavy (non-hydrogen) atoms. The van der Waals surface area contributed by atoms with Crippen molar-refractivity contribution in [3.8, 4) is 0 Å². The fraction of sp³-hybridized carbons (Fsp3) is 0.600. The highest BCUT2D eigenvalue weighted by Gasteiger charge is 2.44. The van der Waals surface area contributed by atoms with E-state index in [1.807, 2.05) is 25.7 Å². The minimum atomic E-state index is -0.502. The molecule has 0 saturated carbocycles. The minimum Gasteiger partial charge on any atom is -0.444 e. The molecule has 5 nitrogen and oxygen atoms in total. The molecule has 1 aromatic carbocycles. The lowest BCUT2D eigenvalue weighted by molar-refractivity contribution is 0.00471. The van der Waals surface area contributed by atoms with Crippen LogP contribution in [0.25, 0.3) is 0 Å². The molecule has 0 aromatic heterocycles. The number of fused-ring (bicyclic) bond motifs is 2. The van der Waals surface area contributed by atoms with Gasteiger partial charge in [0.05, 0.1) is 12.1 Å². The van der Waals surface area contributed by atoms with Gasteiger partial charge in [-0.3, -0.25) is 4.79 Å². The lowest BCUT2D eigenvalue weighted by atomic mass is 9.97. The number of hydrogen-bond donors (Lipinski definition) is 1. The molecule has 2 aliphatic rings. The van der Waals surface area contributed by atoms with Crippen molar-refractivity contribution in [2.45, 2.75) is 70.2 Å². The molecule has 0 spiro atoms. The first kappa shape index (κ1) is 18.8. The number of nitrogens with zero attached hydrogens (tertiary/aromatic N) is 1. The van der Waals surface area contributed by atoms with Gasteiger partial charge < -0.3 is 15.0 Å². The molecule has 0 radical (unpaired) electrons. The Kier molecular flexibility index (Phi) is 5.32. The molecule has 2 heterocycles. The summed E-state index contributed by atoms with van der Waals surface area (Å²) in [4.78, 5) is 26.6. The van der Waals surface area contributed by atoms with Crippen LogP contribution in [0.1, 0.15) is 56.8 Å². The number of piperidine rings is 1. The van der Waals surface area contributed by atoms with E-state index in [4.69, 9.17) is 4.74 Å². The van der Waals surface area contributed by atoms with Gasteiger partial charge in [0.15, 0.2) is 5.78 Å². The van der Waals surface area contributed by atoms with Crippen molar-refractivity contribution in [1.29, 1.82) is 0 Å². The Balaban J connectivity index is 1.55. The highest BCUT2D eigenvalue weighted by atomic mass is 19.1. The summed E-state index contributed by atoms with van der Waals surface area (Å²) in [5.41, 5.74) is -0.383. The smallest absolute Gasteiger partial charge is 0.410 e. The number of carbonyl (C=O) groups is 2. The Labute approximate surface area is 153 Å². The van der Waals surface area contributed by atoms with Crippen LogP contribution >= 0.6 is 0 Å². The van der Waals surface area contributed by atoms with Gasteiger partial charge in [-0.15, -0.1) is 0 Å². The summed E-state index contributed by atoms with van der Waals surface area (Å²) in [7, 11) is 0. The zero-order chi connectivity index (χ0) is 18.9. The first-order valence-corrected chi connectivity index (χ1v) is 9.27. The first-order valence-electron chi connectivity index (χ1n) is 9.27. The SMILES string of the molecule is CC(C)(C)OC(=O)N1C2CCC1CC(NCC(=O)c1ccccc1F)C2. The number of Topliss-reactive ketones (excluding diaryl/α,β-unsaturated/α-hetero) is 1. The molecule has 2 aliphatic heterocycles. The summed E-state index contributed by atoms with van der Waals surface area (Å²) in [6.07, 6.45) is 3.26. The Morgan fingerprint density at radius 1 is 1.19 bits per heavy atom. The molecule has 2 fully saturated rings. The van der Waals surface area contributed by atoms with Crippen molar-refractivity contribution < 1.29 is 18.7 Å². The van der Waals surface area contributed by atoms with E-state index in [9.17, 15) is 14.0 Å². The van der Waals surface area contributed by atoms with E-state index in [2.05, 4.69) is 5.32 Å². The van der Waals surface area contributed by atoms with E-state index in [0.29, 0.717) is 0 Å². The van der Waals surface area contributed by atoms with Gasteiger partial charge in [0.25, 0.3) is 0 Å². The molecular weight excluding hydrogens is 335 g/mol. The summed E-state index contributed by atoms with van der Waals surface area (Å²) >= 11 is 0. The Morgan fingerprint density at radius 3 is 2.38 bits per heavy atom. The van der Waals surface area contributed by atoms with Crippen LogP contribution in [-0.2, 0) is 4.74 Å². The van der Waals surface area contributed by atoms with Gasteiger partial charge >= 0.3 is 6.09 Å². The number of nitrogens with one attached hydrogen (secondary N) is 1. The second-order valence-corrected chi connectivity index (χ2v) is 8.22. The number of ether oxygens (including phenoxy) is 1. The second-order valence-electron chi connectivity index (χ2n) is 8.22. The zero-order valence-electron chi connectivity index (χ0n) is 15.6. The fourth-order valence-corrected chi connectivity index (χ4v) is 3.98. The van der Waals surface area contributed by atoms with Crippen LogP contribution in [0.2, 0.25) is 0 Å². The average Bonchev–Trinajstić information content (AvgIpc) is 2.82. The summed E-state index contributed by atoms with van der Waals surface area (Å²) in [5, 5.41) is 3.26. The third-order valence-electron chi connectivity index (χ3n) is 5.06. The standard InChI is InChI=1S/C20H27FN2O3/c1-20(2,3)26-19(25)23-14-8-9-15(23)11-13(10-14)22-12-18(24)16-6-4-5-7-17(16)21/h4-7,13-15,22H,8-12H2,1-3H3. The van der Waals surface area contributed by atoms with E-state index in [0.717, 1.165) is 25.7 Å². The highest BCUT2D eigenvalue weighted by molar-refractivity contribution is 5.97. The van der Waals surface area contributed by atoms with Crippen LogP contribution in [0.3, 0.4) is 0 Å². The molecule has 3 rings (SSSR count). The lowest BCUT2D eigenvalue weighted by Gasteiger charge is -2.39. The second kappa shape index (κ2) is 7.35. The van der Waals surface area contributed by atoms with E-state index in [1.165, 1.54) is 12.1 Å². The molecule has 2 saturated heterocycles. The quantitative estimate of drug-likeness (QED) is 0.833. The van der Waals surface area contributed by atoms with Crippen molar-refractivity contribution in [2.24, 2.45) is 0 Å². The van der Waals surface area contributed by atoms with Crippen molar-refractivity contribution in [1.82, 2.24) is 10.2 Å². The Morgan fingerprint density at radius 2 is 1.81 bits per heavy atom. The Hall–Kier alpha value is -1.95. The molecular formula is C20H27FN2O3. The van der Waals surface area contributed by atoms with Gasteiger partial charge in [-0.05, 0) is 58.6 Å². The number of carbonyl (C=O) groups excluding carboxylic acids is 2. The molecule has 1 aromatic rings. The predicted octanol–water partition coefficient (Wildman–Crippen LogP) is 3.53. The van der Waals surface area contributed by atoms with Crippen LogP contribution in [0.4, 0.5) is 9.18 Å². The van der Waals surface area contributed by atoms with Crippen molar-refractivity contribution >= 4 is 11.9 Å². The number of ketones is 1. The van der Waals surface area contributed by atoms with Crippen LogP contribution < -0.4 is 5.32 Å². The summed E-state index contributed by atoms with van der Waals surface area (Å²) in [5.74, 6) is -0.732. The molecule has 2 unspecified atom stereocenters. The first-order chi connectivity index (χ1) is 12.2. The molecule has 2 bridgehead atoms. The lowest BCUT2D eigenvalue weighted by Crippen LogP contribution is -2.53. The van der Waals surface area contributed by atoms with E-state index >= 15 is 0 Å². The molecule has 2 atom stereocenters. The maximum absolute atomic E-state index is 13.7. The predicted molar refractivity (Wildman–Crippen MR) is 96.6 cm³/mol. The van der Waals surface area contributed by atoms with Crippen LogP contribution in [0, 0.1) is 5.82 Å². The number of amides is 1. The topological polar surface area (TPSA) is 58.6 Å². The van der Waals surface area contributed by atoms with Crippen LogP contribution in [0.15, 0.2) is 24.3 Å². The highest BCUT2D eigenvalue weighted by Crippen LogP contribution is 2.36. The number of rotatable bonds is 4. The Bertz CT molecular complexity index is 672.